The van der Waals surface area contributed by atoms with Gasteiger partial charge in [-0.05, 0) is 54.6 Å². The van der Waals surface area contributed by atoms with Gasteiger partial charge in [-0.3, -0.25) is 4.79 Å². The van der Waals surface area contributed by atoms with Gasteiger partial charge in [0.05, 0.1) is 0 Å². The maximum absolute atomic E-state index is 11.5. The van der Waals surface area contributed by atoms with Gasteiger partial charge in [0.15, 0.2) is 0 Å². The highest BCUT2D eigenvalue weighted by Crippen LogP contribution is 2.22. The van der Waals surface area contributed by atoms with E-state index in [-0.39, 0.29) is 11.9 Å². The molecule has 0 saturated heterocycles. The highest BCUT2D eigenvalue weighted by molar-refractivity contribution is 14.1. The highest BCUT2D eigenvalue weighted by atomic mass is 127. The molecule has 1 unspecified atom stereocenters. The summed E-state index contributed by atoms with van der Waals surface area (Å²) in [6.45, 7) is 4.37. The molecule has 0 fully saturated rings. The van der Waals surface area contributed by atoms with Crippen LogP contribution in [-0.2, 0) is 4.79 Å². The van der Waals surface area contributed by atoms with Gasteiger partial charge in [-0.25, -0.2) is 0 Å². The SMILES string of the molecule is CCNC(=O)C(C)Nc1ccc(Cl)cc1I. The van der Waals surface area contributed by atoms with Crippen LogP contribution in [0.5, 0.6) is 0 Å². The lowest BCUT2D eigenvalue weighted by molar-refractivity contribution is -0.121. The Morgan fingerprint density at radius 3 is 2.81 bits per heavy atom. The van der Waals surface area contributed by atoms with Crippen LogP contribution in [0.2, 0.25) is 5.02 Å². The monoisotopic (exact) mass is 352 g/mol. The van der Waals surface area contributed by atoms with E-state index in [9.17, 15) is 4.79 Å². The summed E-state index contributed by atoms with van der Waals surface area (Å²) in [5.74, 6) is -0.00625. The summed E-state index contributed by atoms with van der Waals surface area (Å²) >= 11 is 8.04. The molecule has 1 rings (SSSR count). The van der Waals surface area contributed by atoms with Crippen LogP contribution in [0.1, 0.15) is 13.8 Å². The molecule has 0 aliphatic carbocycles. The van der Waals surface area contributed by atoms with Crippen molar-refractivity contribution in [3.05, 3.63) is 26.8 Å². The molecule has 0 aliphatic rings. The molecule has 0 spiro atoms. The minimum Gasteiger partial charge on any atom is -0.373 e. The van der Waals surface area contributed by atoms with Crippen molar-refractivity contribution in [2.45, 2.75) is 19.9 Å². The average Bonchev–Trinajstić information content (AvgIpc) is 2.22. The normalized spacial score (nSPS) is 12.0. The Balaban J connectivity index is 2.69. The fourth-order valence-corrected chi connectivity index (χ4v) is 2.26. The maximum atomic E-state index is 11.5. The number of amides is 1. The first kappa shape index (κ1) is 13.6. The summed E-state index contributed by atoms with van der Waals surface area (Å²) in [4.78, 5) is 11.5. The predicted molar refractivity (Wildman–Crippen MR) is 75.9 cm³/mol. The van der Waals surface area contributed by atoms with E-state index in [4.69, 9.17) is 11.6 Å². The topological polar surface area (TPSA) is 41.1 Å². The number of nitrogens with one attached hydrogen (secondary N) is 2. The van der Waals surface area contributed by atoms with Crippen molar-refractivity contribution < 1.29 is 4.79 Å². The number of benzene rings is 1. The van der Waals surface area contributed by atoms with E-state index in [2.05, 4.69) is 33.2 Å². The molecular weight excluding hydrogens is 338 g/mol. The number of hydrogen-bond donors (Lipinski definition) is 2. The Bertz CT molecular complexity index is 384. The molecule has 88 valence electrons. The van der Waals surface area contributed by atoms with Gasteiger partial charge in [-0.15, -0.1) is 0 Å². The van der Waals surface area contributed by atoms with Crippen molar-refractivity contribution in [1.29, 1.82) is 0 Å². The fraction of sp³-hybridized carbons (Fsp3) is 0.364. The molecule has 5 heteroatoms. The smallest absolute Gasteiger partial charge is 0.242 e. The maximum Gasteiger partial charge on any atom is 0.242 e. The third-order valence-electron chi connectivity index (χ3n) is 2.05. The van der Waals surface area contributed by atoms with Gasteiger partial charge in [0.25, 0.3) is 0 Å². The summed E-state index contributed by atoms with van der Waals surface area (Å²) in [6, 6.07) is 5.28. The number of hydrogen-bond acceptors (Lipinski definition) is 2. The number of anilines is 1. The van der Waals surface area contributed by atoms with E-state index in [0.717, 1.165) is 9.26 Å². The molecule has 1 aromatic carbocycles. The minimum absolute atomic E-state index is 0.00625. The Morgan fingerprint density at radius 2 is 2.25 bits per heavy atom. The van der Waals surface area contributed by atoms with Crippen molar-refractivity contribution in [2.75, 3.05) is 11.9 Å². The van der Waals surface area contributed by atoms with Crippen LogP contribution < -0.4 is 10.6 Å². The average molecular weight is 353 g/mol. The van der Waals surface area contributed by atoms with Gasteiger partial charge >= 0.3 is 0 Å². The number of rotatable bonds is 4. The molecular formula is C11H14ClIN2O. The third kappa shape index (κ3) is 3.83. The summed E-state index contributed by atoms with van der Waals surface area (Å²) in [5.41, 5.74) is 0.920. The van der Waals surface area contributed by atoms with Gasteiger partial charge < -0.3 is 10.6 Å². The van der Waals surface area contributed by atoms with Crippen LogP contribution in [0.15, 0.2) is 18.2 Å². The van der Waals surface area contributed by atoms with Crippen molar-refractivity contribution in [3.63, 3.8) is 0 Å². The number of carbonyl (C=O) groups excluding carboxylic acids is 1. The van der Waals surface area contributed by atoms with Crippen LogP contribution >= 0.6 is 34.2 Å². The molecule has 0 radical (unpaired) electrons. The number of carbonyl (C=O) groups is 1. The van der Waals surface area contributed by atoms with Crippen LogP contribution in [0, 0.1) is 3.57 Å². The van der Waals surface area contributed by atoms with E-state index < -0.39 is 0 Å². The molecule has 1 atom stereocenters. The van der Waals surface area contributed by atoms with E-state index in [1.165, 1.54) is 0 Å². The molecule has 0 saturated carbocycles. The Hall–Kier alpha value is -0.490. The van der Waals surface area contributed by atoms with Gasteiger partial charge in [-0.1, -0.05) is 11.6 Å². The molecule has 3 nitrogen and oxygen atoms in total. The zero-order valence-corrected chi connectivity index (χ0v) is 12.1. The van der Waals surface area contributed by atoms with E-state index in [1.807, 2.05) is 26.0 Å². The standard InChI is InChI=1S/C11H14ClIN2O/c1-3-14-11(16)7(2)15-10-5-4-8(12)6-9(10)13/h4-7,15H,3H2,1-2H3,(H,14,16). The minimum atomic E-state index is -0.255. The highest BCUT2D eigenvalue weighted by Gasteiger charge is 2.12. The lowest BCUT2D eigenvalue weighted by atomic mass is 10.2. The van der Waals surface area contributed by atoms with Crippen LogP contribution in [0.4, 0.5) is 5.69 Å². The van der Waals surface area contributed by atoms with Crippen LogP contribution in [0.3, 0.4) is 0 Å². The molecule has 16 heavy (non-hydrogen) atoms. The first-order chi connectivity index (χ1) is 7.54. The second-order valence-electron chi connectivity index (χ2n) is 3.38. The van der Waals surface area contributed by atoms with Crippen molar-refractivity contribution in [3.8, 4) is 0 Å². The van der Waals surface area contributed by atoms with Crippen molar-refractivity contribution >= 4 is 45.8 Å². The Kier molecular flexibility index (Phi) is 5.34. The molecule has 1 aromatic rings. The van der Waals surface area contributed by atoms with E-state index in [0.29, 0.717) is 11.6 Å². The molecule has 0 aliphatic heterocycles. The Labute approximate surface area is 114 Å². The first-order valence-electron chi connectivity index (χ1n) is 5.04. The predicted octanol–water partition coefficient (Wildman–Crippen LogP) is 2.88. The second-order valence-corrected chi connectivity index (χ2v) is 4.98. The van der Waals surface area contributed by atoms with E-state index >= 15 is 0 Å². The Morgan fingerprint density at radius 1 is 1.56 bits per heavy atom. The first-order valence-corrected chi connectivity index (χ1v) is 6.49. The summed E-state index contributed by atoms with van der Waals surface area (Å²) in [5, 5.41) is 6.61. The lowest BCUT2D eigenvalue weighted by Gasteiger charge is -2.15. The van der Waals surface area contributed by atoms with Crippen molar-refractivity contribution in [2.24, 2.45) is 0 Å². The summed E-state index contributed by atoms with van der Waals surface area (Å²) in [7, 11) is 0. The zero-order chi connectivity index (χ0) is 12.1. The summed E-state index contributed by atoms with van der Waals surface area (Å²) in [6.07, 6.45) is 0. The molecule has 1 amide bonds. The fourth-order valence-electron chi connectivity index (χ4n) is 1.23. The van der Waals surface area contributed by atoms with Gasteiger partial charge in [-0.2, -0.15) is 0 Å². The van der Waals surface area contributed by atoms with Crippen LogP contribution in [0.25, 0.3) is 0 Å². The number of likely N-dealkylation sites (N-methyl/N-ethyl adjacent to an activating group) is 1. The largest absolute Gasteiger partial charge is 0.373 e. The van der Waals surface area contributed by atoms with Gasteiger partial charge in [0, 0.05) is 20.8 Å². The van der Waals surface area contributed by atoms with Gasteiger partial charge in [0.2, 0.25) is 5.91 Å². The molecule has 0 aromatic heterocycles. The number of halogens is 2. The van der Waals surface area contributed by atoms with Gasteiger partial charge in [0.1, 0.15) is 6.04 Å². The molecule has 0 bridgehead atoms. The van der Waals surface area contributed by atoms with Crippen molar-refractivity contribution in [1.82, 2.24) is 5.32 Å². The lowest BCUT2D eigenvalue weighted by Crippen LogP contribution is -2.37. The summed E-state index contributed by atoms with van der Waals surface area (Å²) < 4.78 is 1.00. The van der Waals surface area contributed by atoms with E-state index in [1.54, 1.807) is 6.07 Å². The quantitative estimate of drug-likeness (QED) is 0.818. The second kappa shape index (κ2) is 6.30. The molecule has 2 N–H and O–H groups in total. The zero-order valence-electron chi connectivity index (χ0n) is 9.18. The third-order valence-corrected chi connectivity index (χ3v) is 3.18. The molecule has 0 heterocycles. The van der Waals surface area contributed by atoms with Crippen LogP contribution in [-0.4, -0.2) is 18.5 Å².